The summed E-state index contributed by atoms with van der Waals surface area (Å²) < 4.78 is 30.3. The zero-order valence-electron chi connectivity index (χ0n) is 15.3. The van der Waals surface area contributed by atoms with E-state index < -0.39 is 15.1 Å². The fourth-order valence-corrected chi connectivity index (χ4v) is 5.99. The molecular formula is C21H21NO4S2. The molecule has 0 aliphatic carbocycles. The zero-order valence-corrected chi connectivity index (χ0v) is 16.9. The fraction of sp³-hybridized carbons (Fsp3) is 0.286. The molecule has 1 saturated heterocycles. The van der Waals surface area contributed by atoms with E-state index >= 15 is 0 Å². The number of hydrogen-bond donors (Lipinski definition) is 0. The summed E-state index contributed by atoms with van der Waals surface area (Å²) in [7, 11) is -3.28. The predicted molar refractivity (Wildman–Crippen MR) is 110 cm³/mol. The third-order valence-electron chi connectivity index (χ3n) is 5.10. The molecule has 0 N–H and O–H groups in total. The first-order valence-corrected chi connectivity index (χ1v) is 11.8. The third kappa shape index (κ3) is 4.05. The van der Waals surface area contributed by atoms with Gasteiger partial charge in [0.05, 0.1) is 11.5 Å². The van der Waals surface area contributed by atoms with Gasteiger partial charge < -0.3 is 9.32 Å². The molecule has 0 unspecified atom stereocenters. The minimum Gasteiger partial charge on any atom is -0.468 e. The van der Waals surface area contributed by atoms with Gasteiger partial charge in [-0.05, 0) is 54.1 Å². The highest BCUT2D eigenvalue weighted by Crippen LogP contribution is 2.26. The Morgan fingerprint density at radius 2 is 1.82 bits per heavy atom. The molecule has 5 nitrogen and oxygen atoms in total. The second-order valence-corrected chi connectivity index (χ2v) is 10.2. The topological polar surface area (TPSA) is 67.6 Å². The minimum atomic E-state index is -3.28. The Hall–Kier alpha value is -2.38. The van der Waals surface area contributed by atoms with Gasteiger partial charge in [-0.3, -0.25) is 4.79 Å². The van der Waals surface area contributed by atoms with Gasteiger partial charge in [-0.15, -0.1) is 11.3 Å². The number of nitrogens with zero attached hydrogens (tertiary/aromatic N) is 1. The number of rotatable bonds is 5. The van der Waals surface area contributed by atoms with Gasteiger partial charge in [0.25, 0.3) is 5.91 Å². The van der Waals surface area contributed by atoms with Crippen molar-refractivity contribution < 1.29 is 17.6 Å². The van der Waals surface area contributed by atoms with Crippen LogP contribution in [0.5, 0.6) is 0 Å². The molecule has 1 aliphatic heterocycles. The van der Waals surface area contributed by atoms with Crippen LogP contribution in [0.25, 0.3) is 10.4 Å². The number of sulfone groups is 1. The Morgan fingerprint density at radius 1 is 1.07 bits per heavy atom. The number of likely N-dealkylation sites (tertiary alicyclic amines) is 1. The lowest BCUT2D eigenvalue weighted by Crippen LogP contribution is -2.42. The maximum atomic E-state index is 12.8. The highest BCUT2D eigenvalue weighted by atomic mass is 32.2. The maximum absolute atomic E-state index is 12.8. The lowest BCUT2D eigenvalue weighted by Gasteiger charge is -2.31. The summed E-state index contributed by atoms with van der Waals surface area (Å²) in [6.07, 6.45) is 2.40. The number of amides is 1. The summed E-state index contributed by atoms with van der Waals surface area (Å²) in [6, 6.07) is 15.0. The van der Waals surface area contributed by atoms with Crippen molar-refractivity contribution in [3.8, 4) is 10.4 Å². The van der Waals surface area contributed by atoms with Gasteiger partial charge in [0.1, 0.15) is 11.5 Å². The lowest BCUT2D eigenvalue weighted by atomic mass is 10.1. The summed E-state index contributed by atoms with van der Waals surface area (Å²) in [6.45, 7) is 0.904. The van der Waals surface area contributed by atoms with E-state index in [2.05, 4.69) is 6.07 Å². The van der Waals surface area contributed by atoms with Gasteiger partial charge in [-0.25, -0.2) is 8.42 Å². The first kappa shape index (κ1) is 19.0. The van der Waals surface area contributed by atoms with Crippen LogP contribution in [0.1, 0.15) is 29.0 Å². The van der Waals surface area contributed by atoms with Gasteiger partial charge in [-0.2, -0.15) is 0 Å². The van der Waals surface area contributed by atoms with Crippen molar-refractivity contribution in [2.24, 2.45) is 0 Å². The lowest BCUT2D eigenvalue weighted by molar-refractivity contribution is 0.0725. The zero-order chi connectivity index (χ0) is 19.6. The van der Waals surface area contributed by atoms with E-state index in [1.165, 1.54) is 11.1 Å². The molecule has 3 heterocycles. The van der Waals surface area contributed by atoms with Crippen molar-refractivity contribution in [2.45, 2.75) is 23.8 Å². The van der Waals surface area contributed by atoms with E-state index in [-0.39, 0.29) is 11.7 Å². The number of piperidine rings is 1. The van der Waals surface area contributed by atoms with Crippen LogP contribution in [0.2, 0.25) is 0 Å². The molecule has 1 amide bonds. The molecule has 1 aliphatic rings. The Morgan fingerprint density at radius 3 is 2.43 bits per heavy atom. The third-order valence-corrected chi connectivity index (χ3v) is 8.19. The predicted octanol–water partition coefficient (Wildman–Crippen LogP) is 4.23. The van der Waals surface area contributed by atoms with Crippen molar-refractivity contribution in [3.05, 3.63) is 71.5 Å². The number of thiophene rings is 1. The molecule has 0 spiro atoms. The number of benzene rings is 1. The second kappa shape index (κ2) is 7.93. The normalized spacial score (nSPS) is 15.6. The Balaban J connectivity index is 1.37. The minimum absolute atomic E-state index is 0.0420. The van der Waals surface area contributed by atoms with Gasteiger partial charge >= 0.3 is 0 Å². The standard InChI is InChI=1S/C21H21NO4S2/c23-21(17-7-5-16(6-8-17)20-4-2-14-27-20)22-11-9-19(10-12-22)28(24,25)15-18-3-1-13-26-18/h1-8,13-14,19H,9-12,15H2. The van der Waals surface area contributed by atoms with Crippen LogP contribution in [0.3, 0.4) is 0 Å². The monoisotopic (exact) mass is 415 g/mol. The SMILES string of the molecule is O=C(c1ccc(-c2cccs2)cc1)N1CCC(S(=O)(=O)Cc2ccco2)CC1. The fourth-order valence-electron chi connectivity index (χ4n) is 3.53. The van der Waals surface area contributed by atoms with Crippen molar-refractivity contribution in [2.75, 3.05) is 13.1 Å². The Kier molecular flexibility index (Phi) is 5.37. The first-order valence-electron chi connectivity index (χ1n) is 9.20. The van der Waals surface area contributed by atoms with Gasteiger partial charge in [0.2, 0.25) is 0 Å². The highest BCUT2D eigenvalue weighted by Gasteiger charge is 2.32. The van der Waals surface area contributed by atoms with E-state index in [1.807, 2.05) is 35.7 Å². The average molecular weight is 416 g/mol. The van der Waals surface area contributed by atoms with E-state index in [9.17, 15) is 13.2 Å². The number of carbonyl (C=O) groups excluding carboxylic acids is 1. The van der Waals surface area contributed by atoms with Crippen molar-refractivity contribution in [3.63, 3.8) is 0 Å². The summed E-state index contributed by atoms with van der Waals surface area (Å²) in [5, 5.41) is 1.60. The summed E-state index contributed by atoms with van der Waals surface area (Å²) in [5.74, 6) is 0.340. The second-order valence-electron chi connectivity index (χ2n) is 6.93. The van der Waals surface area contributed by atoms with E-state index in [0.29, 0.717) is 37.3 Å². The molecule has 0 saturated carbocycles. The summed E-state index contributed by atoms with van der Waals surface area (Å²) in [4.78, 5) is 15.7. The number of furan rings is 1. The van der Waals surface area contributed by atoms with Crippen LogP contribution in [0, 0.1) is 0 Å². The number of hydrogen-bond acceptors (Lipinski definition) is 5. The maximum Gasteiger partial charge on any atom is 0.253 e. The van der Waals surface area contributed by atoms with Gasteiger partial charge in [0.15, 0.2) is 9.84 Å². The van der Waals surface area contributed by atoms with Crippen LogP contribution in [-0.4, -0.2) is 37.6 Å². The van der Waals surface area contributed by atoms with Crippen LogP contribution in [0.15, 0.2) is 64.6 Å². The molecule has 0 bridgehead atoms. The Labute approximate surface area is 168 Å². The highest BCUT2D eigenvalue weighted by molar-refractivity contribution is 7.91. The van der Waals surface area contributed by atoms with Crippen molar-refractivity contribution in [1.29, 1.82) is 0 Å². The van der Waals surface area contributed by atoms with Crippen LogP contribution in [0.4, 0.5) is 0 Å². The van der Waals surface area contributed by atoms with E-state index in [1.54, 1.807) is 28.4 Å². The van der Waals surface area contributed by atoms with Crippen LogP contribution in [-0.2, 0) is 15.6 Å². The first-order chi connectivity index (χ1) is 13.5. The summed E-state index contributed by atoms with van der Waals surface area (Å²) >= 11 is 1.66. The molecule has 1 fully saturated rings. The van der Waals surface area contributed by atoms with Gasteiger partial charge in [-0.1, -0.05) is 18.2 Å². The molecule has 0 radical (unpaired) electrons. The molecule has 28 heavy (non-hydrogen) atoms. The van der Waals surface area contributed by atoms with E-state index in [0.717, 1.165) is 5.56 Å². The molecule has 2 aromatic heterocycles. The summed E-state index contributed by atoms with van der Waals surface area (Å²) in [5.41, 5.74) is 1.73. The molecular weight excluding hydrogens is 394 g/mol. The number of carbonyl (C=O) groups is 1. The molecule has 146 valence electrons. The van der Waals surface area contributed by atoms with Crippen LogP contribution < -0.4 is 0 Å². The van der Waals surface area contributed by atoms with Crippen LogP contribution >= 0.6 is 11.3 Å². The molecule has 1 aromatic carbocycles. The van der Waals surface area contributed by atoms with Crippen molar-refractivity contribution >= 4 is 27.1 Å². The molecule has 4 rings (SSSR count). The molecule has 0 atom stereocenters. The average Bonchev–Trinajstić information content (AvgIpc) is 3.42. The molecule has 3 aromatic rings. The smallest absolute Gasteiger partial charge is 0.253 e. The van der Waals surface area contributed by atoms with Gasteiger partial charge in [0, 0.05) is 23.5 Å². The van der Waals surface area contributed by atoms with E-state index in [4.69, 9.17) is 4.42 Å². The Bertz CT molecular complexity index is 1010. The van der Waals surface area contributed by atoms with Crippen molar-refractivity contribution in [1.82, 2.24) is 4.90 Å². The quantitative estimate of drug-likeness (QED) is 0.625. The largest absolute Gasteiger partial charge is 0.468 e. The molecule has 7 heteroatoms.